The molecule has 2 aliphatic rings. The van der Waals surface area contributed by atoms with Crippen LogP contribution >= 0.6 is 0 Å². The number of likely N-dealkylation sites (tertiary alicyclic amines) is 1. The molecule has 1 aliphatic carbocycles. The third kappa shape index (κ3) is 3.45. The molecule has 1 N–H and O–H groups in total. The summed E-state index contributed by atoms with van der Waals surface area (Å²) in [4.78, 5) is 2.55. The minimum Gasteiger partial charge on any atom is -0.312 e. The van der Waals surface area contributed by atoms with Crippen molar-refractivity contribution in [3.05, 3.63) is 0 Å². The van der Waals surface area contributed by atoms with E-state index >= 15 is 0 Å². The topological polar surface area (TPSA) is 15.3 Å². The van der Waals surface area contributed by atoms with E-state index in [0.717, 1.165) is 23.9 Å². The molecule has 2 fully saturated rings. The largest absolute Gasteiger partial charge is 0.312 e. The lowest BCUT2D eigenvalue weighted by Crippen LogP contribution is -2.48. The number of rotatable bonds is 3. The SMILES string of the molecule is CC1CCCC(NCC2CCCCN2C)C1C. The lowest BCUT2D eigenvalue weighted by Gasteiger charge is -2.38. The van der Waals surface area contributed by atoms with Crippen molar-refractivity contribution in [2.24, 2.45) is 11.8 Å². The van der Waals surface area contributed by atoms with E-state index < -0.39 is 0 Å². The molecule has 0 spiro atoms. The van der Waals surface area contributed by atoms with Crippen molar-refractivity contribution in [3.8, 4) is 0 Å². The monoisotopic (exact) mass is 238 g/mol. The Kier molecular flexibility index (Phi) is 4.87. The molecule has 2 heteroatoms. The van der Waals surface area contributed by atoms with Crippen LogP contribution in [0.1, 0.15) is 52.4 Å². The highest BCUT2D eigenvalue weighted by Crippen LogP contribution is 2.29. The Bertz CT molecular complexity index is 229. The van der Waals surface area contributed by atoms with Crippen molar-refractivity contribution < 1.29 is 0 Å². The second kappa shape index (κ2) is 6.19. The van der Waals surface area contributed by atoms with E-state index in [9.17, 15) is 0 Å². The first-order chi connectivity index (χ1) is 8.18. The fraction of sp³-hybridized carbons (Fsp3) is 1.00. The first-order valence-electron chi connectivity index (χ1n) is 7.62. The molecule has 17 heavy (non-hydrogen) atoms. The molecule has 1 saturated heterocycles. The number of hydrogen-bond donors (Lipinski definition) is 1. The summed E-state index contributed by atoms with van der Waals surface area (Å²) < 4.78 is 0. The van der Waals surface area contributed by atoms with Crippen LogP contribution in [0.25, 0.3) is 0 Å². The van der Waals surface area contributed by atoms with Gasteiger partial charge >= 0.3 is 0 Å². The maximum atomic E-state index is 3.86. The third-order valence-corrected chi connectivity index (χ3v) is 5.24. The Morgan fingerprint density at radius 1 is 1.06 bits per heavy atom. The number of nitrogens with one attached hydrogen (secondary N) is 1. The van der Waals surface area contributed by atoms with E-state index in [1.165, 1.54) is 51.6 Å². The van der Waals surface area contributed by atoms with Gasteiger partial charge in [0.2, 0.25) is 0 Å². The zero-order valence-corrected chi connectivity index (χ0v) is 11.9. The Balaban J connectivity index is 1.76. The van der Waals surface area contributed by atoms with E-state index in [1.807, 2.05) is 0 Å². The van der Waals surface area contributed by atoms with Gasteiger partial charge in [-0.15, -0.1) is 0 Å². The van der Waals surface area contributed by atoms with Crippen molar-refractivity contribution in [1.82, 2.24) is 10.2 Å². The van der Waals surface area contributed by atoms with Crippen molar-refractivity contribution in [3.63, 3.8) is 0 Å². The number of piperidine rings is 1. The van der Waals surface area contributed by atoms with Gasteiger partial charge in [0.25, 0.3) is 0 Å². The number of nitrogens with zero attached hydrogens (tertiary/aromatic N) is 1. The van der Waals surface area contributed by atoms with E-state index in [2.05, 4.69) is 31.1 Å². The molecule has 0 aromatic heterocycles. The average Bonchev–Trinajstić information content (AvgIpc) is 2.33. The maximum absolute atomic E-state index is 3.86. The van der Waals surface area contributed by atoms with Crippen LogP contribution in [0.2, 0.25) is 0 Å². The Morgan fingerprint density at radius 2 is 1.88 bits per heavy atom. The molecule has 2 nitrogen and oxygen atoms in total. The number of hydrogen-bond acceptors (Lipinski definition) is 2. The van der Waals surface area contributed by atoms with Crippen LogP contribution in [-0.2, 0) is 0 Å². The minimum atomic E-state index is 0.772. The molecule has 1 aliphatic heterocycles. The minimum absolute atomic E-state index is 0.772. The second-order valence-corrected chi connectivity index (χ2v) is 6.41. The molecule has 2 rings (SSSR count). The van der Waals surface area contributed by atoms with Gasteiger partial charge in [0.1, 0.15) is 0 Å². The third-order valence-electron chi connectivity index (χ3n) is 5.24. The van der Waals surface area contributed by atoms with Crippen LogP contribution < -0.4 is 5.32 Å². The molecule has 1 heterocycles. The Morgan fingerprint density at radius 3 is 2.65 bits per heavy atom. The van der Waals surface area contributed by atoms with Gasteiger partial charge in [-0.25, -0.2) is 0 Å². The molecule has 0 aromatic rings. The summed E-state index contributed by atoms with van der Waals surface area (Å²) in [5.41, 5.74) is 0. The van der Waals surface area contributed by atoms with Gasteiger partial charge in [0.15, 0.2) is 0 Å². The van der Waals surface area contributed by atoms with Crippen molar-refractivity contribution in [1.29, 1.82) is 0 Å². The maximum Gasteiger partial charge on any atom is 0.0217 e. The second-order valence-electron chi connectivity index (χ2n) is 6.41. The van der Waals surface area contributed by atoms with Gasteiger partial charge in [-0.2, -0.15) is 0 Å². The zero-order chi connectivity index (χ0) is 12.3. The van der Waals surface area contributed by atoms with E-state index in [4.69, 9.17) is 0 Å². The summed E-state index contributed by atoms with van der Waals surface area (Å²) in [7, 11) is 2.29. The van der Waals surface area contributed by atoms with Crippen LogP contribution in [0, 0.1) is 11.8 Å². The molecule has 0 amide bonds. The van der Waals surface area contributed by atoms with E-state index in [-0.39, 0.29) is 0 Å². The summed E-state index contributed by atoms with van der Waals surface area (Å²) in [5, 5.41) is 3.86. The lowest BCUT2D eigenvalue weighted by atomic mass is 9.78. The first kappa shape index (κ1) is 13.4. The average molecular weight is 238 g/mol. The molecule has 100 valence electrons. The van der Waals surface area contributed by atoms with Gasteiger partial charge in [-0.05, 0) is 44.7 Å². The molecular formula is C15H30N2. The predicted molar refractivity (Wildman–Crippen MR) is 74.2 cm³/mol. The highest BCUT2D eigenvalue weighted by Gasteiger charge is 2.28. The van der Waals surface area contributed by atoms with Crippen LogP contribution in [0.5, 0.6) is 0 Å². The van der Waals surface area contributed by atoms with Crippen LogP contribution in [0.3, 0.4) is 0 Å². The fourth-order valence-electron chi connectivity index (χ4n) is 3.56. The smallest absolute Gasteiger partial charge is 0.0217 e. The summed E-state index contributed by atoms with van der Waals surface area (Å²) in [6.45, 7) is 7.36. The van der Waals surface area contributed by atoms with Gasteiger partial charge in [-0.3, -0.25) is 0 Å². The van der Waals surface area contributed by atoms with Gasteiger partial charge < -0.3 is 10.2 Å². The van der Waals surface area contributed by atoms with Crippen molar-refractivity contribution in [2.45, 2.75) is 64.5 Å². The zero-order valence-electron chi connectivity index (χ0n) is 11.9. The van der Waals surface area contributed by atoms with E-state index in [0.29, 0.717) is 0 Å². The summed E-state index contributed by atoms with van der Waals surface area (Å²) in [6, 6.07) is 1.56. The molecule has 4 atom stereocenters. The molecule has 4 unspecified atom stereocenters. The normalized spacial score (nSPS) is 40.4. The predicted octanol–water partition coefficient (Wildman–Crippen LogP) is 2.89. The van der Waals surface area contributed by atoms with Gasteiger partial charge in [0, 0.05) is 18.6 Å². The van der Waals surface area contributed by atoms with Crippen molar-refractivity contribution >= 4 is 0 Å². The molecule has 0 bridgehead atoms. The molecule has 0 radical (unpaired) electrons. The molecular weight excluding hydrogens is 208 g/mol. The molecule has 0 aromatic carbocycles. The highest BCUT2D eigenvalue weighted by molar-refractivity contribution is 4.85. The summed E-state index contributed by atoms with van der Waals surface area (Å²) >= 11 is 0. The summed E-state index contributed by atoms with van der Waals surface area (Å²) in [6.07, 6.45) is 8.45. The summed E-state index contributed by atoms with van der Waals surface area (Å²) in [5.74, 6) is 1.77. The fourth-order valence-corrected chi connectivity index (χ4v) is 3.56. The van der Waals surface area contributed by atoms with Crippen LogP contribution in [0.4, 0.5) is 0 Å². The molecule has 1 saturated carbocycles. The van der Waals surface area contributed by atoms with Gasteiger partial charge in [-0.1, -0.05) is 33.1 Å². The van der Waals surface area contributed by atoms with Crippen LogP contribution in [0.15, 0.2) is 0 Å². The Labute approximate surface area is 107 Å². The van der Waals surface area contributed by atoms with Crippen LogP contribution in [-0.4, -0.2) is 37.1 Å². The quantitative estimate of drug-likeness (QED) is 0.813. The first-order valence-corrected chi connectivity index (χ1v) is 7.62. The standard InChI is InChI=1S/C15H30N2/c1-12-7-6-9-15(13(12)2)16-11-14-8-4-5-10-17(14)3/h12-16H,4-11H2,1-3H3. The van der Waals surface area contributed by atoms with Crippen molar-refractivity contribution in [2.75, 3.05) is 20.1 Å². The highest BCUT2D eigenvalue weighted by atomic mass is 15.2. The lowest BCUT2D eigenvalue weighted by molar-refractivity contribution is 0.154. The number of likely N-dealkylation sites (N-methyl/N-ethyl adjacent to an activating group) is 1. The van der Waals surface area contributed by atoms with Gasteiger partial charge in [0.05, 0.1) is 0 Å². The van der Waals surface area contributed by atoms with E-state index in [1.54, 1.807) is 0 Å². The Hall–Kier alpha value is -0.0800.